The highest BCUT2D eigenvalue weighted by Crippen LogP contribution is 2.28. The molecule has 1 aromatic carbocycles. The van der Waals surface area contributed by atoms with Crippen molar-refractivity contribution in [3.63, 3.8) is 0 Å². The predicted molar refractivity (Wildman–Crippen MR) is 76.2 cm³/mol. The van der Waals surface area contributed by atoms with E-state index in [-0.39, 0.29) is 15.4 Å². The molecule has 0 fully saturated rings. The average molecular weight is 314 g/mol. The minimum atomic E-state index is -3.89. The Bertz CT molecular complexity index is 772. The van der Waals surface area contributed by atoms with E-state index in [4.69, 9.17) is 9.88 Å². The Kier molecular flexibility index (Phi) is 3.57. The van der Waals surface area contributed by atoms with Gasteiger partial charge in [-0.3, -0.25) is 0 Å². The molecule has 1 aromatic heterocycles. The molecule has 0 saturated heterocycles. The van der Waals surface area contributed by atoms with Gasteiger partial charge in [-0.15, -0.1) is 11.3 Å². The Morgan fingerprint density at radius 3 is 2.55 bits per heavy atom. The van der Waals surface area contributed by atoms with E-state index in [0.29, 0.717) is 4.70 Å². The molecule has 2 rings (SSSR count). The number of para-hydroxylation sites is 1. The summed E-state index contributed by atoms with van der Waals surface area (Å²) in [6.07, 6.45) is 0. The molecule has 2 aromatic rings. The summed E-state index contributed by atoms with van der Waals surface area (Å²) in [5.74, 6) is -0.547. The fraction of sp³-hybridized carbons (Fsp3) is 0.333. The van der Waals surface area contributed by atoms with Crippen LogP contribution < -0.4 is 5.14 Å². The van der Waals surface area contributed by atoms with E-state index in [1.807, 2.05) is 0 Å². The number of thiazole rings is 1. The minimum Gasteiger partial charge on any atom is -0.456 e. The van der Waals surface area contributed by atoms with E-state index in [1.165, 1.54) is 0 Å². The van der Waals surface area contributed by atoms with E-state index in [1.54, 1.807) is 39.0 Å². The van der Waals surface area contributed by atoms with Crippen LogP contribution in [0.2, 0.25) is 0 Å². The Hall–Kier alpha value is -1.51. The monoisotopic (exact) mass is 314 g/mol. The van der Waals surface area contributed by atoms with Crippen molar-refractivity contribution >= 4 is 37.5 Å². The number of ether oxygens (including phenoxy) is 1. The van der Waals surface area contributed by atoms with Crippen LogP contribution in [0.4, 0.5) is 0 Å². The first-order chi connectivity index (χ1) is 9.08. The summed E-state index contributed by atoms with van der Waals surface area (Å²) in [6.45, 7) is 5.26. The largest absolute Gasteiger partial charge is 0.456 e. The summed E-state index contributed by atoms with van der Waals surface area (Å²) in [5, 5.41) is 5.05. The van der Waals surface area contributed by atoms with Crippen LogP contribution in [-0.2, 0) is 14.8 Å². The standard InChI is InChI=1S/C12H14N2O4S2/c1-12(2,3)18-10(15)7-5-4-6-8-9(7)14-11(19-8)20(13,16)17/h4-6H,1-3H3,(H2,13,16,17). The Balaban J connectivity index is 2.55. The van der Waals surface area contributed by atoms with Crippen molar-refractivity contribution in [2.24, 2.45) is 5.14 Å². The quantitative estimate of drug-likeness (QED) is 0.853. The first-order valence-electron chi connectivity index (χ1n) is 5.74. The number of nitrogens with zero attached hydrogens (tertiary/aromatic N) is 1. The minimum absolute atomic E-state index is 0.219. The lowest BCUT2D eigenvalue weighted by molar-refractivity contribution is 0.00716. The van der Waals surface area contributed by atoms with Gasteiger partial charge in [-0.25, -0.2) is 23.3 Å². The third kappa shape index (κ3) is 3.14. The van der Waals surface area contributed by atoms with E-state index < -0.39 is 21.6 Å². The number of nitrogens with two attached hydrogens (primary N) is 1. The van der Waals surface area contributed by atoms with Crippen molar-refractivity contribution in [2.75, 3.05) is 0 Å². The zero-order valence-electron chi connectivity index (χ0n) is 11.2. The van der Waals surface area contributed by atoms with Gasteiger partial charge in [-0.05, 0) is 32.9 Å². The first-order valence-corrected chi connectivity index (χ1v) is 8.10. The molecule has 0 aliphatic heterocycles. The molecular weight excluding hydrogens is 300 g/mol. The number of hydrogen-bond acceptors (Lipinski definition) is 6. The number of esters is 1. The summed E-state index contributed by atoms with van der Waals surface area (Å²) in [4.78, 5) is 16.0. The maximum Gasteiger partial charge on any atom is 0.340 e. The van der Waals surface area contributed by atoms with E-state index in [9.17, 15) is 13.2 Å². The van der Waals surface area contributed by atoms with Gasteiger partial charge in [0.05, 0.1) is 15.8 Å². The van der Waals surface area contributed by atoms with Gasteiger partial charge >= 0.3 is 5.97 Å². The summed E-state index contributed by atoms with van der Waals surface area (Å²) in [6, 6.07) is 4.87. The number of aromatic nitrogens is 1. The maximum absolute atomic E-state index is 12.1. The highest BCUT2D eigenvalue weighted by atomic mass is 32.2. The van der Waals surface area contributed by atoms with Gasteiger partial charge < -0.3 is 4.74 Å². The third-order valence-corrected chi connectivity index (χ3v) is 4.60. The molecule has 6 nitrogen and oxygen atoms in total. The fourth-order valence-electron chi connectivity index (χ4n) is 1.55. The summed E-state index contributed by atoms with van der Waals surface area (Å²) < 4.78 is 28.3. The van der Waals surface area contributed by atoms with Crippen LogP contribution in [0.15, 0.2) is 22.5 Å². The van der Waals surface area contributed by atoms with E-state index in [2.05, 4.69) is 4.98 Å². The molecule has 0 atom stereocenters. The topological polar surface area (TPSA) is 99.4 Å². The Morgan fingerprint density at radius 2 is 2.00 bits per heavy atom. The van der Waals surface area contributed by atoms with Crippen LogP contribution in [0.3, 0.4) is 0 Å². The molecule has 0 aliphatic rings. The molecule has 0 amide bonds. The van der Waals surface area contributed by atoms with Crippen LogP contribution >= 0.6 is 11.3 Å². The van der Waals surface area contributed by atoms with Crippen LogP contribution in [0.5, 0.6) is 0 Å². The molecule has 0 unspecified atom stereocenters. The molecule has 1 heterocycles. The number of benzene rings is 1. The number of fused-ring (bicyclic) bond motifs is 1. The average Bonchev–Trinajstić information content (AvgIpc) is 2.69. The van der Waals surface area contributed by atoms with Gasteiger partial charge in [0.1, 0.15) is 5.60 Å². The summed E-state index contributed by atoms with van der Waals surface area (Å²) in [7, 11) is -3.89. The van der Waals surface area contributed by atoms with Crippen LogP contribution in [-0.4, -0.2) is 25.0 Å². The van der Waals surface area contributed by atoms with Gasteiger partial charge in [-0.1, -0.05) is 6.07 Å². The summed E-state index contributed by atoms with van der Waals surface area (Å²) in [5.41, 5.74) is -0.128. The smallest absolute Gasteiger partial charge is 0.340 e. The van der Waals surface area contributed by atoms with Crippen molar-refractivity contribution < 1.29 is 17.9 Å². The zero-order valence-corrected chi connectivity index (χ0v) is 12.8. The van der Waals surface area contributed by atoms with Crippen molar-refractivity contribution in [1.82, 2.24) is 4.98 Å². The number of hydrogen-bond donors (Lipinski definition) is 1. The van der Waals surface area contributed by atoms with Gasteiger partial charge in [-0.2, -0.15) is 0 Å². The predicted octanol–water partition coefficient (Wildman–Crippen LogP) is 1.90. The van der Waals surface area contributed by atoms with E-state index in [0.717, 1.165) is 11.3 Å². The molecule has 20 heavy (non-hydrogen) atoms. The Morgan fingerprint density at radius 1 is 1.35 bits per heavy atom. The number of carbonyl (C=O) groups is 1. The second-order valence-electron chi connectivity index (χ2n) is 5.18. The lowest BCUT2D eigenvalue weighted by Gasteiger charge is -2.19. The molecule has 2 N–H and O–H groups in total. The SMILES string of the molecule is CC(C)(C)OC(=O)c1cccc2sc(S(N)(=O)=O)nc12. The van der Waals surface area contributed by atoms with E-state index >= 15 is 0 Å². The van der Waals surface area contributed by atoms with Crippen LogP contribution in [0.1, 0.15) is 31.1 Å². The number of carbonyl (C=O) groups excluding carboxylic acids is 1. The van der Waals surface area contributed by atoms with Gasteiger partial charge in [0.25, 0.3) is 10.0 Å². The highest BCUT2D eigenvalue weighted by Gasteiger charge is 2.23. The number of rotatable bonds is 2. The van der Waals surface area contributed by atoms with Gasteiger partial charge in [0.15, 0.2) is 0 Å². The maximum atomic E-state index is 12.1. The lowest BCUT2D eigenvalue weighted by atomic mass is 10.1. The molecule has 0 spiro atoms. The highest BCUT2D eigenvalue weighted by molar-refractivity contribution is 7.91. The van der Waals surface area contributed by atoms with Crippen molar-refractivity contribution in [1.29, 1.82) is 0 Å². The molecule has 0 saturated carbocycles. The number of primary sulfonamides is 1. The first kappa shape index (κ1) is 14.9. The molecular formula is C12H14N2O4S2. The van der Waals surface area contributed by atoms with Gasteiger partial charge in [0, 0.05) is 0 Å². The Labute approximate surface area is 120 Å². The van der Waals surface area contributed by atoms with Crippen molar-refractivity contribution in [2.45, 2.75) is 30.7 Å². The number of sulfonamides is 1. The summed E-state index contributed by atoms with van der Waals surface area (Å²) >= 11 is 0.922. The second-order valence-corrected chi connectivity index (χ2v) is 7.94. The molecule has 8 heteroatoms. The van der Waals surface area contributed by atoms with Gasteiger partial charge in [0.2, 0.25) is 4.34 Å². The van der Waals surface area contributed by atoms with Crippen molar-refractivity contribution in [3.05, 3.63) is 23.8 Å². The zero-order chi connectivity index (χ0) is 15.1. The fourth-order valence-corrected chi connectivity index (χ4v) is 3.22. The van der Waals surface area contributed by atoms with Crippen LogP contribution in [0, 0.1) is 0 Å². The normalized spacial score (nSPS) is 12.6. The second kappa shape index (κ2) is 4.80. The lowest BCUT2D eigenvalue weighted by Crippen LogP contribution is -2.24. The van der Waals surface area contributed by atoms with Crippen LogP contribution in [0.25, 0.3) is 10.2 Å². The molecule has 0 radical (unpaired) electrons. The van der Waals surface area contributed by atoms with Crippen molar-refractivity contribution in [3.8, 4) is 0 Å². The molecule has 108 valence electrons. The molecule has 0 aliphatic carbocycles. The molecule has 0 bridgehead atoms. The third-order valence-electron chi connectivity index (χ3n) is 2.26.